The lowest BCUT2D eigenvalue weighted by atomic mass is 10.0. The Balaban J connectivity index is 0.00000261. The Kier molecular flexibility index (Phi) is 7.61. The van der Waals surface area contributed by atoms with E-state index in [1.54, 1.807) is 18.2 Å². The highest BCUT2D eigenvalue weighted by Gasteiger charge is 2.27. The Hall–Kier alpha value is -1.67. The van der Waals surface area contributed by atoms with Crippen LogP contribution in [-0.4, -0.2) is 33.5 Å². The topological polar surface area (TPSA) is 101 Å². The van der Waals surface area contributed by atoms with Gasteiger partial charge < -0.3 is 11.1 Å². The number of fused-ring (bicyclic) bond motifs is 1. The molecule has 0 spiro atoms. The lowest BCUT2D eigenvalue weighted by Crippen LogP contribution is -2.41. The Labute approximate surface area is 166 Å². The number of nitrogens with one attached hydrogen (secondary N) is 2. The molecule has 6 nitrogen and oxygen atoms in total. The number of amides is 1. The van der Waals surface area contributed by atoms with Crippen molar-refractivity contribution in [3.63, 3.8) is 0 Å². The lowest BCUT2D eigenvalue weighted by molar-refractivity contribution is -0.121. The Morgan fingerprint density at radius 3 is 2.59 bits per heavy atom. The maximum absolute atomic E-state index is 12.4. The molecular formula is C19H26ClN3O3S. The number of nitrogens with two attached hydrogens (primary N) is 1. The highest BCUT2D eigenvalue weighted by atomic mass is 35.5. The van der Waals surface area contributed by atoms with Crippen LogP contribution in [-0.2, 0) is 14.8 Å². The fourth-order valence-corrected chi connectivity index (χ4v) is 4.57. The molecule has 4 N–H and O–H groups in total. The van der Waals surface area contributed by atoms with E-state index >= 15 is 0 Å². The molecule has 0 aromatic heterocycles. The van der Waals surface area contributed by atoms with Crippen molar-refractivity contribution in [1.82, 2.24) is 10.0 Å². The molecule has 148 valence electrons. The highest BCUT2D eigenvalue weighted by Crippen LogP contribution is 2.24. The van der Waals surface area contributed by atoms with Crippen LogP contribution in [0.4, 0.5) is 0 Å². The third-order valence-electron chi connectivity index (χ3n) is 4.98. The van der Waals surface area contributed by atoms with Crippen LogP contribution in [0.1, 0.15) is 25.7 Å². The quantitative estimate of drug-likeness (QED) is 0.649. The van der Waals surface area contributed by atoms with Crippen molar-refractivity contribution in [2.45, 2.75) is 36.6 Å². The molecule has 27 heavy (non-hydrogen) atoms. The second kappa shape index (κ2) is 9.50. The van der Waals surface area contributed by atoms with Gasteiger partial charge in [0.15, 0.2) is 0 Å². The largest absolute Gasteiger partial charge is 0.353 e. The van der Waals surface area contributed by atoms with Crippen LogP contribution in [0.3, 0.4) is 0 Å². The summed E-state index contributed by atoms with van der Waals surface area (Å²) in [5.41, 5.74) is 5.72. The number of benzene rings is 2. The summed E-state index contributed by atoms with van der Waals surface area (Å²) in [7, 11) is -3.64. The number of sulfonamides is 1. The van der Waals surface area contributed by atoms with Crippen LogP contribution in [0.25, 0.3) is 10.8 Å². The van der Waals surface area contributed by atoms with Gasteiger partial charge in [-0.2, -0.15) is 0 Å². The first-order valence-electron chi connectivity index (χ1n) is 8.97. The summed E-state index contributed by atoms with van der Waals surface area (Å²) < 4.78 is 27.4. The van der Waals surface area contributed by atoms with Gasteiger partial charge in [-0.3, -0.25) is 4.79 Å². The van der Waals surface area contributed by atoms with E-state index in [0.717, 1.165) is 30.0 Å². The molecule has 0 radical (unpaired) electrons. The van der Waals surface area contributed by atoms with Crippen LogP contribution in [0.2, 0.25) is 0 Å². The van der Waals surface area contributed by atoms with E-state index in [4.69, 9.17) is 5.73 Å². The molecule has 2 aromatic carbocycles. The standard InChI is InChI=1S/C19H25N3O3S.ClH/c20-13-16-6-3-7-18(16)22-19(23)10-11-21-26(24,25)17-9-8-14-4-1-2-5-15(14)12-17;/h1-2,4-5,8-9,12,16,18,21H,3,6-7,10-11,13,20H2,(H,22,23);1H. The van der Waals surface area contributed by atoms with Crippen molar-refractivity contribution in [3.05, 3.63) is 42.5 Å². The molecule has 2 aromatic rings. The zero-order chi connectivity index (χ0) is 18.6. The highest BCUT2D eigenvalue weighted by molar-refractivity contribution is 7.89. The van der Waals surface area contributed by atoms with Crippen LogP contribution >= 0.6 is 12.4 Å². The summed E-state index contributed by atoms with van der Waals surface area (Å²) in [5, 5.41) is 4.82. The third-order valence-corrected chi connectivity index (χ3v) is 6.44. The van der Waals surface area contributed by atoms with Gasteiger partial charge in [-0.15, -0.1) is 12.4 Å². The van der Waals surface area contributed by atoms with Crippen LogP contribution in [0.15, 0.2) is 47.4 Å². The average Bonchev–Trinajstić information content (AvgIpc) is 3.08. The second-order valence-corrected chi connectivity index (χ2v) is 8.52. The van der Waals surface area contributed by atoms with Crippen molar-refractivity contribution < 1.29 is 13.2 Å². The van der Waals surface area contributed by atoms with Crippen molar-refractivity contribution in [2.24, 2.45) is 11.7 Å². The van der Waals surface area contributed by atoms with Gasteiger partial charge in [-0.05, 0) is 48.2 Å². The van der Waals surface area contributed by atoms with Gasteiger partial charge in [0.2, 0.25) is 15.9 Å². The lowest BCUT2D eigenvalue weighted by Gasteiger charge is -2.19. The summed E-state index contributed by atoms with van der Waals surface area (Å²) in [6.07, 6.45) is 3.16. The molecule has 2 atom stereocenters. The Morgan fingerprint density at radius 2 is 1.85 bits per heavy atom. The summed E-state index contributed by atoms with van der Waals surface area (Å²) in [4.78, 5) is 12.3. The number of hydrogen-bond donors (Lipinski definition) is 3. The van der Waals surface area contributed by atoms with Gasteiger partial charge >= 0.3 is 0 Å². The van der Waals surface area contributed by atoms with E-state index in [1.807, 2.05) is 24.3 Å². The fourth-order valence-electron chi connectivity index (χ4n) is 3.50. The first-order valence-corrected chi connectivity index (χ1v) is 10.5. The van der Waals surface area contributed by atoms with Crippen molar-refractivity contribution >= 4 is 39.1 Å². The minimum absolute atomic E-state index is 0. The van der Waals surface area contributed by atoms with Gasteiger partial charge in [0.25, 0.3) is 0 Å². The number of hydrogen-bond acceptors (Lipinski definition) is 4. The van der Waals surface area contributed by atoms with E-state index < -0.39 is 10.0 Å². The van der Waals surface area contributed by atoms with Gasteiger partial charge in [0.1, 0.15) is 0 Å². The third kappa shape index (κ3) is 5.42. The maximum Gasteiger partial charge on any atom is 0.240 e. The monoisotopic (exact) mass is 411 g/mol. The summed E-state index contributed by atoms with van der Waals surface area (Å²) in [6.45, 7) is 0.639. The molecule has 0 heterocycles. The molecule has 0 saturated heterocycles. The molecular weight excluding hydrogens is 386 g/mol. The number of halogens is 1. The minimum Gasteiger partial charge on any atom is -0.353 e. The zero-order valence-corrected chi connectivity index (χ0v) is 16.7. The van der Waals surface area contributed by atoms with Gasteiger partial charge in [0, 0.05) is 19.0 Å². The predicted molar refractivity (Wildman–Crippen MR) is 109 cm³/mol. The molecule has 1 aliphatic rings. The maximum atomic E-state index is 12.4. The summed E-state index contributed by atoms with van der Waals surface area (Å²) in [5.74, 6) is 0.185. The molecule has 1 fully saturated rings. The Morgan fingerprint density at radius 1 is 1.11 bits per heavy atom. The first-order chi connectivity index (χ1) is 12.5. The second-order valence-electron chi connectivity index (χ2n) is 6.76. The molecule has 8 heteroatoms. The molecule has 3 rings (SSSR count). The summed E-state index contributed by atoms with van der Waals surface area (Å²) >= 11 is 0. The smallest absolute Gasteiger partial charge is 0.240 e. The first kappa shape index (κ1) is 21.6. The Bertz CT molecular complexity index is 889. The fraction of sp³-hybridized carbons (Fsp3) is 0.421. The van der Waals surface area contributed by atoms with Crippen molar-refractivity contribution in [2.75, 3.05) is 13.1 Å². The van der Waals surface area contributed by atoms with Crippen LogP contribution < -0.4 is 15.8 Å². The summed E-state index contributed by atoms with van der Waals surface area (Å²) in [6, 6.07) is 12.7. The van der Waals surface area contributed by atoms with Crippen molar-refractivity contribution in [3.8, 4) is 0 Å². The molecule has 0 bridgehead atoms. The van der Waals surface area contributed by atoms with Gasteiger partial charge in [0.05, 0.1) is 4.90 Å². The van der Waals surface area contributed by atoms with Crippen molar-refractivity contribution in [1.29, 1.82) is 0 Å². The molecule has 1 saturated carbocycles. The predicted octanol–water partition coefficient (Wildman–Crippen LogP) is 2.17. The average molecular weight is 412 g/mol. The minimum atomic E-state index is -3.64. The number of rotatable bonds is 7. The number of carbonyl (C=O) groups excluding carboxylic acids is 1. The van der Waals surface area contributed by atoms with Gasteiger partial charge in [-0.1, -0.05) is 36.8 Å². The SMILES string of the molecule is Cl.NCC1CCCC1NC(=O)CCNS(=O)(=O)c1ccc2ccccc2c1. The van der Waals surface area contributed by atoms with E-state index in [0.29, 0.717) is 12.5 Å². The zero-order valence-electron chi connectivity index (χ0n) is 15.1. The molecule has 1 aliphatic carbocycles. The van der Waals surface area contributed by atoms with E-state index in [2.05, 4.69) is 10.0 Å². The van der Waals surface area contributed by atoms with E-state index in [-0.39, 0.29) is 42.2 Å². The van der Waals surface area contributed by atoms with E-state index in [9.17, 15) is 13.2 Å². The van der Waals surface area contributed by atoms with E-state index in [1.165, 1.54) is 0 Å². The molecule has 1 amide bonds. The molecule has 0 aliphatic heterocycles. The van der Waals surface area contributed by atoms with Crippen LogP contribution in [0.5, 0.6) is 0 Å². The number of carbonyl (C=O) groups is 1. The normalized spacial score (nSPS) is 19.6. The van der Waals surface area contributed by atoms with Gasteiger partial charge in [-0.25, -0.2) is 13.1 Å². The van der Waals surface area contributed by atoms with Crippen LogP contribution in [0, 0.1) is 5.92 Å². The molecule has 2 unspecified atom stereocenters.